The molecule has 2 rings (SSSR count). The fraction of sp³-hybridized carbons (Fsp3) is 0.143. The summed E-state index contributed by atoms with van der Waals surface area (Å²) in [5.41, 5.74) is 2.74. The molecule has 2 aromatic rings. The van der Waals surface area contributed by atoms with Gasteiger partial charge in [-0.1, -0.05) is 12.1 Å². The zero-order chi connectivity index (χ0) is 12.3. The second kappa shape index (κ2) is 4.87. The highest BCUT2D eigenvalue weighted by atomic mass is 19.1. The molecule has 3 heteroatoms. The molecule has 17 heavy (non-hydrogen) atoms. The second-order valence-electron chi connectivity index (χ2n) is 3.98. The molecule has 0 amide bonds. The lowest BCUT2D eigenvalue weighted by molar-refractivity contribution is 0.474. The van der Waals surface area contributed by atoms with Crippen LogP contribution in [-0.4, -0.2) is 5.11 Å². The SMILES string of the molecule is Cc1cc(F)ccc1NCc1cccc(O)c1. The molecule has 2 nitrogen and oxygen atoms in total. The van der Waals surface area contributed by atoms with E-state index in [4.69, 9.17) is 0 Å². The molecule has 0 aliphatic carbocycles. The quantitative estimate of drug-likeness (QED) is 0.848. The molecular weight excluding hydrogens is 217 g/mol. The number of anilines is 1. The summed E-state index contributed by atoms with van der Waals surface area (Å²) in [7, 11) is 0. The van der Waals surface area contributed by atoms with E-state index in [1.54, 1.807) is 24.3 Å². The molecule has 2 N–H and O–H groups in total. The summed E-state index contributed by atoms with van der Waals surface area (Å²) in [5.74, 6) is 0.0190. The van der Waals surface area contributed by atoms with E-state index < -0.39 is 0 Å². The van der Waals surface area contributed by atoms with Crippen LogP contribution < -0.4 is 5.32 Å². The Labute approximate surface area is 99.7 Å². The van der Waals surface area contributed by atoms with E-state index in [0.717, 1.165) is 16.8 Å². The molecule has 0 unspecified atom stereocenters. The van der Waals surface area contributed by atoms with E-state index in [-0.39, 0.29) is 11.6 Å². The molecule has 0 atom stereocenters. The minimum Gasteiger partial charge on any atom is -0.508 e. The number of rotatable bonds is 3. The fourth-order valence-corrected chi connectivity index (χ4v) is 1.69. The first-order valence-corrected chi connectivity index (χ1v) is 5.43. The molecule has 0 bridgehead atoms. The van der Waals surface area contributed by atoms with Gasteiger partial charge in [0.1, 0.15) is 11.6 Å². The van der Waals surface area contributed by atoms with Gasteiger partial charge >= 0.3 is 0 Å². The van der Waals surface area contributed by atoms with Gasteiger partial charge in [0.25, 0.3) is 0 Å². The highest BCUT2D eigenvalue weighted by Gasteiger charge is 2.00. The van der Waals surface area contributed by atoms with E-state index in [1.165, 1.54) is 12.1 Å². The van der Waals surface area contributed by atoms with Crippen molar-refractivity contribution in [1.29, 1.82) is 0 Å². The van der Waals surface area contributed by atoms with Crippen molar-refractivity contribution in [3.63, 3.8) is 0 Å². The van der Waals surface area contributed by atoms with Crippen molar-refractivity contribution in [2.45, 2.75) is 13.5 Å². The summed E-state index contributed by atoms with van der Waals surface area (Å²) >= 11 is 0. The van der Waals surface area contributed by atoms with Crippen molar-refractivity contribution in [2.24, 2.45) is 0 Å². The van der Waals surface area contributed by atoms with Gasteiger partial charge in [-0.2, -0.15) is 0 Å². The minimum atomic E-state index is -0.231. The zero-order valence-electron chi connectivity index (χ0n) is 9.57. The average molecular weight is 231 g/mol. The Hall–Kier alpha value is -2.03. The van der Waals surface area contributed by atoms with E-state index in [1.807, 2.05) is 13.0 Å². The Morgan fingerprint density at radius 1 is 1.18 bits per heavy atom. The van der Waals surface area contributed by atoms with E-state index in [9.17, 15) is 9.50 Å². The van der Waals surface area contributed by atoms with Crippen molar-refractivity contribution >= 4 is 5.69 Å². The van der Waals surface area contributed by atoms with E-state index in [2.05, 4.69) is 5.32 Å². The lowest BCUT2D eigenvalue weighted by Gasteiger charge is -2.09. The van der Waals surface area contributed by atoms with Crippen LogP contribution in [0.15, 0.2) is 42.5 Å². The maximum absolute atomic E-state index is 12.9. The molecule has 0 aliphatic heterocycles. The largest absolute Gasteiger partial charge is 0.508 e. The first-order valence-electron chi connectivity index (χ1n) is 5.43. The third-order valence-electron chi connectivity index (χ3n) is 2.58. The number of benzene rings is 2. The fourth-order valence-electron chi connectivity index (χ4n) is 1.69. The summed E-state index contributed by atoms with van der Waals surface area (Å²) in [5, 5.41) is 12.5. The lowest BCUT2D eigenvalue weighted by atomic mass is 10.1. The summed E-state index contributed by atoms with van der Waals surface area (Å²) in [4.78, 5) is 0. The van der Waals surface area contributed by atoms with Gasteiger partial charge in [0.15, 0.2) is 0 Å². The third-order valence-corrected chi connectivity index (χ3v) is 2.58. The van der Waals surface area contributed by atoms with Gasteiger partial charge in [0.2, 0.25) is 0 Å². The number of aromatic hydroxyl groups is 1. The van der Waals surface area contributed by atoms with Gasteiger partial charge in [-0.3, -0.25) is 0 Å². The van der Waals surface area contributed by atoms with Gasteiger partial charge in [-0.05, 0) is 48.4 Å². The number of hydrogen-bond acceptors (Lipinski definition) is 2. The van der Waals surface area contributed by atoms with Crippen LogP contribution in [0.25, 0.3) is 0 Å². The molecule has 0 aliphatic rings. The number of aryl methyl sites for hydroxylation is 1. The third kappa shape index (κ3) is 2.97. The van der Waals surface area contributed by atoms with Crippen LogP contribution in [0.5, 0.6) is 5.75 Å². The van der Waals surface area contributed by atoms with Gasteiger partial charge in [0.05, 0.1) is 0 Å². The van der Waals surface area contributed by atoms with Gasteiger partial charge in [-0.15, -0.1) is 0 Å². The van der Waals surface area contributed by atoms with Gasteiger partial charge < -0.3 is 10.4 Å². The van der Waals surface area contributed by atoms with Crippen LogP contribution in [0.3, 0.4) is 0 Å². The minimum absolute atomic E-state index is 0.231. The zero-order valence-corrected chi connectivity index (χ0v) is 9.57. The predicted octanol–water partition coefficient (Wildman–Crippen LogP) is 3.45. The van der Waals surface area contributed by atoms with Crippen molar-refractivity contribution in [3.05, 3.63) is 59.4 Å². The van der Waals surface area contributed by atoms with Crippen LogP contribution in [0.1, 0.15) is 11.1 Å². The van der Waals surface area contributed by atoms with Crippen molar-refractivity contribution in [1.82, 2.24) is 0 Å². The Balaban J connectivity index is 2.07. The van der Waals surface area contributed by atoms with Crippen molar-refractivity contribution in [2.75, 3.05) is 5.32 Å². The van der Waals surface area contributed by atoms with E-state index >= 15 is 0 Å². The van der Waals surface area contributed by atoms with Crippen LogP contribution in [0, 0.1) is 12.7 Å². The Morgan fingerprint density at radius 2 is 2.00 bits per heavy atom. The number of phenols is 1. The molecule has 0 spiro atoms. The lowest BCUT2D eigenvalue weighted by Crippen LogP contribution is -2.01. The molecule has 0 aromatic heterocycles. The van der Waals surface area contributed by atoms with Crippen LogP contribution in [-0.2, 0) is 6.54 Å². The maximum atomic E-state index is 12.9. The first-order chi connectivity index (χ1) is 8.15. The standard InChI is InChI=1S/C14H14FNO/c1-10-7-12(15)5-6-14(10)16-9-11-3-2-4-13(17)8-11/h2-8,16-17H,9H2,1H3. The van der Waals surface area contributed by atoms with Crippen LogP contribution in [0.2, 0.25) is 0 Å². The molecular formula is C14H14FNO. The summed E-state index contributed by atoms with van der Waals surface area (Å²) in [6, 6.07) is 11.7. The van der Waals surface area contributed by atoms with Crippen LogP contribution in [0.4, 0.5) is 10.1 Å². The Kier molecular flexibility index (Phi) is 3.28. The summed E-state index contributed by atoms with van der Waals surface area (Å²) in [6.07, 6.45) is 0. The van der Waals surface area contributed by atoms with Crippen molar-refractivity contribution in [3.8, 4) is 5.75 Å². The smallest absolute Gasteiger partial charge is 0.123 e. The Bertz CT molecular complexity index is 525. The Morgan fingerprint density at radius 3 is 2.71 bits per heavy atom. The van der Waals surface area contributed by atoms with E-state index in [0.29, 0.717) is 6.54 Å². The normalized spacial score (nSPS) is 10.2. The highest BCUT2D eigenvalue weighted by molar-refractivity contribution is 5.51. The molecule has 2 aromatic carbocycles. The monoisotopic (exact) mass is 231 g/mol. The molecule has 0 fully saturated rings. The molecule has 0 heterocycles. The second-order valence-corrected chi connectivity index (χ2v) is 3.98. The summed E-state index contributed by atoms with van der Waals surface area (Å²) in [6.45, 7) is 2.45. The van der Waals surface area contributed by atoms with Gasteiger partial charge in [-0.25, -0.2) is 4.39 Å². The first kappa shape index (κ1) is 11.5. The number of nitrogens with one attached hydrogen (secondary N) is 1. The summed E-state index contributed by atoms with van der Waals surface area (Å²) < 4.78 is 12.9. The predicted molar refractivity (Wildman–Crippen MR) is 66.6 cm³/mol. The molecule has 0 radical (unpaired) electrons. The average Bonchev–Trinajstić information content (AvgIpc) is 2.28. The maximum Gasteiger partial charge on any atom is 0.123 e. The number of hydrogen-bond donors (Lipinski definition) is 2. The molecule has 0 saturated carbocycles. The topological polar surface area (TPSA) is 32.3 Å². The van der Waals surface area contributed by atoms with Crippen LogP contribution >= 0.6 is 0 Å². The van der Waals surface area contributed by atoms with Gasteiger partial charge in [0, 0.05) is 12.2 Å². The molecule has 0 saturated heterocycles. The molecule has 88 valence electrons. The number of halogens is 1. The van der Waals surface area contributed by atoms with Crippen molar-refractivity contribution < 1.29 is 9.50 Å². The highest BCUT2D eigenvalue weighted by Crippen LogP contribution is 2.17. The number of phenolic OH excluding ortho intramolecular Hbond substituents is 1.